The van der Waals surface area contributed by atoms with Gasteiger partial charge in [-0.15, -0.1) is 12.3 Å². The first-order chi connectivity index (χ1) is 8.26. The van der Waals surface area contributed by atoms with Gasteiger partial charge in [0.2, 0.25) is 5.88 Å². The van der Waals surface area contributed by atoms with Gasteiger partial charge in [0.25, 0.3) is 0 Å². The summed E-state index contributed by atoms with van der Waals surface area (Å²) in [5.41, 5.74) is 0. The van der Waals surface area contributed by atoms with E-state index in [0.717, 1.165) is 31.6 Å². The molecule has 0 aliphatic carbocycles. The zero-order valence-electron chi connectivity index (χ0n) is 10.5. The molecular formula is C13H19N3O. The summed E-state index contributed by atoms with van der Waals surface area (Å²) in [5.74, 6) is 4.76. The second-order valence-electron chi connectivity index (χ2n) is 3.66. The van der Waals surface area contributed by atoms with Crippen LogP contribution in [0.25, 0.3) is 0 Å². The minimum Gasteiger partial charge on any atom is -0.478 e. The van der Waals surface area contributed by atoms with E-state index < -0.39 is 0 Å². The molecule has 1 N–H and O–H groups in total. The quantitative estimate of drug-likeness (QED) is 0.580. The summed E-state index contributed by atoms with van der Waals surface area (Å²) >= 11 is 0. The van der Waals surface area contributed by atoms with Crippen molar-refractivity contribution in [1.82, 2.24) is 9.97 Å². The molecule has 1 aromatic heterocycles. The SMILES string of the molecule is C#CCCCCNc1cc(OCC)nc(C)n1. The molecule has 0 radical (unpaired) electrons. The highest BCUT2D eigenvalue weighted by Crippen LogP contribution is 2.13. The van der Waals surface area contributed by atoms with Crippen LogP contribution in [0, 0.1) is 19.3 Å². The Morgan fingerprint density at radius 3 is 2.94 bits per heavy atom. The van der Waals surface area contributed by atoms with E-state index in [0.29, 0.717) is 18.3 Å². The second kappa shape index (κ2) is 7.50. The van der Waals surface area contributed by atoms with Crippen molar-refractivity contribution >= 4 is 5.82 Å². The van der Waals surface area contributed by atoms with Crippen molar-refractivity contribution in [2.24, 2.45) is 0 Å². The zero-order valence-corrected chi connectivity index (χ0v) is 10.5. The molecule has 0 amide bonds. The maximum atomic E-state index is 5.35. The Balaban J connectivity index is 2.44. The average Bonchev–Trinajstić information content (AvgIpc) is 2.28. The topological polar surface area (TPSA) is 47.0 Å². The highest BCUT2D eigenvalue weighted by atomic mass is 16.5. The summed E-state index contributed by atoms with van der Waals surface area (Å²) < 4.78 is 5.35. The van der Waals surface area contributed by atoms with Gasteiger partial charge in [-0.25, -0.2) is 4.98 Å². The fourth-order valence-corrected chi connectivity index (χ4v) is 1.42. The van der Waals surface area contributed by atoms with Crippen LogP contribution >= 0.6 is 0 Å². The minimum absolute atomic E-state index is 0.609. The van der Waals surface area contributed by atoms with Crippen molar-refractivity contribution in [2.45, 2.75) is 33.1 Å². The van der Waals surface area contributed by atoms with Gasteiger partial charge in [-0.05, 0) is 26.7 Å². The van der Waals surface area contributed by atoms with Gasteiger partial charge in [-0.1, -0.05) is 0 Å². The van der Waals surface area contributed by atoms with Crippen LogP contribution in [-0.4, -0.2) is 23.1 Å². The Labute approximate surface area is 103 Å². The molecule has 0 bridgehead atoms. The number of nitrogens with zero attached hydrogens (tertiary/aromatic N) is 2. The summed E-state index contributed by atoms with van der Waals surface area (Å²) in [4.78, 5) is 8.47. The first-order valence-corrected chi connectivity index (χ1v) is 5.92. The van der Waals surface area contributed by atoms with Crippen LogP contribution in [0.3, 0.4) is 0 Å². The smallest absolute Gasteiger partial charge is 0.218 e. The molecule has 1 aromatic rings. The van der Waals surface area contributed by atoms with Crippen LogP contribution < -0.4 is 10.1 Å². The van der Waals surface area contributed by atoms with Gasteiger partial charge in [0.15, 0.2) is 0 Å². The molecule has 0 unspecified atom stereocenters. The average molecular weight is 233 g/mol. The monoisotopic (exact) mass is 233 g/mol. The van der Waals surface area contributed by atoms with Gasteiger partial charge >= 0.3 is 0 Å². The molecule has 92 valence electrons. The summed E-state index contributed by atoms with van der Waals surface area (Å²) in [5, 5.41) is 3.24. The number of rotatable bonds is 7. The Morgan fingerprint density at radius 1 is 1.41 bits per heavy atom. The van der Waals surface area contributed by atoms with Crippen LogP contribution in [-0.2, 0) is 0 Å². The highest BCUT2D eigenvalue weighted by Gasteiger charge is 2.01. The summed E-state index contributed by atoms with van der Waals surface area (Å²) in [6.45, 7) is 5.26. The van der Waals surface area contributed by atoms with E-state index in [4.69, 9.17) is 11.2 Å². The van der Waals surface area contributed by atoms with Crippen LogP contribution in [0.2, 0.25) is 0 Å². The third-order valence-corrected chi connectivity index (χ3v) is 2.16. The fourth-order valence-electron chi connectivity index (χ4n) is 1.42. The molecule has 17 heavy (non-hydrogen) atoms. The first-order valence-electron chi connectivity index (χ1n) is 5.92. The number of unbranched alkanes of at least 4 members (excludes halogenated alkanes) is 2. The Hall–Kier alpha value is -1.76. The summed E-state index contributed by atoms with van der Waals surface area (Å²) in [6, 6.07) is 1.82. The lowest BCUT2D eigenvalue weighted by molar-refractivity contribution is 0.325. The van der Waals surface area contributed by atoms with Crippen molar-refractivity contribution in [3.05, 3.63) is 11.9 Å². The van der Waals surface area contributed by atoms with E-state index in [-0.39, 0.29) is 0 Å². The predicted molar refractivity (Wildman–Crippen MR) is 69.1 cm³/mol. The molecule has 1 heterocycles. The minimum atomic E-state index is 0.609. The lowest BCUT2D eigenvalue weighted by Crippen LogP contribution is -2.06. The van der Waals surface area contributed by atoms with E-state index >= 15 is 0 Å². The Kier molecular flexibility index (Phi) is 5.87. The molecule has 0 saturated carbocycles. The van der Waals surface area contributed by atoms with Crippen molar-refractivity contribution in [3.8, 4) is 18.2 Å². The fraction of sp³-hybridized carbons (Fsp3) is 0.538. The predicted octanol–water partition coefficient (Wildman–Crippen LogP) is 2.40. The molecule has 0 saturated heterocycles. The normalized spacial score (nSPS) is 9.71. The van der Waals surface area contributed by atoms with Crippen LogP contribution in [0.4, 0.5) is 5.82 Å². The van der Waals surface area contributed by atoms with Gasteiger partial charge in [-0.3, -0.25) is 0 Å². The van der Waals surface area contributed by atoms with Crippen molar-refractivity contribution in [1.29, 1.82) is 0 Å². The maximum Gasteiger partial charge on any atom is 0.218 e. The first kappa shape index (κ1) is 13.3. The van der Waals surface area contributed by atoms with Gasteiger partial charge in [-0.2, -0.15) is 4.98 Å². The molecule has 1 rings (SSSR count). The molecule has 0 aromatic carbocycles. The third kappa shape index (κ3) is 5.21. The number of hydrogen-bond acceptors (Lipinski definition) is 4. The van der Waals surface area contributed by atoms with E-state index in [1.54, 1.807) is 0 Å². The number of hydrogen-bond donors (Lipinski definition) is 1. The van der Waals surface area contributed by atoms with Crippen LogP contribution in [0.15, 0.2) is 6.07 Å². The van der Waals surface area contributed by atoms with Gasteiger partial charge in [0.05, 0.1) is 6.61 Å². The van der Waals surface area contributed by atoms with Crippen LogP contribution in [0.5, 0.6) is 5.88 Å². The Morgan fingerprint density at radius 2 is 2.24 bits per heavy atom. The van der Waals surface area contributed by atoms with E-state index in [2.05, 4.69) is 21.2 Å². The number of nitrogens with one attached hydrogen (secondary N) is 1. The standard InChI is InChI=1S/C13H19N3O/c1-4-6-7-8-9-14-12-10-13(17-5-2)16-11(3)15-12/h1,10H,5-9H2,2-3H3,(H,14,15,16). The Bertz CT molecular complexity index is 385. The summed E-state index contributed by atoms with van der Waals surface area (Å²) in [6.07, 6.45) is 8.09. The molecule has 0 aliphatic heterocycles. The second-order valence-corrected chi connectivity index (χ2v) is 3.66. The van der Waals surface area contributed by atoms with Gasteiger partial charge in [0, 0.05) is 19.0 Å². The van der Waals surface area contributed by atoms with Crippen molar-refractivity contribution in [2.75, 3.05) is 18.5 Å². The molecule has 0 fully saturated rings. The maximum absolute atomic E-state index is 5.35. The number of ether oxygens (including phenoxy) is 1. The van der Waals surface area contributed by atoms with Crippen molar-refractivity contribution < 1.29 is 4.74 Å². The molecular weight excluding hydrogens is 214 g/mol. The number of aryl methyl sites for hydroxylation is 1. The summed E-state index contributed by atoms with van der Waals surface area (Å²) in [7, 11) is 0. The lowest BCUT2D eigenvalue weighted by atomic mass is 10.2. The van der Waals surface area contributed by atoms with E-state index in [9.17, 15) is 0 Å². The van der Waals surface area contributed by atoms with E-state index in [1.165, 1.54) is 0 Å². The van der Waals surface area contributed by atoms with Gasteiger partial charge in [0.1, 0.15) is 11.6 Å². The molecule has 4 heteroatoms. The van der Waals surface area contributed by atoms with Crippen molar-refractivity contribution in [3.63, 3.8) is 0 Å². The number of aromatic nitrogens is 2. The molecule has 0 atom stereocenters. The number of anilines is 1. The van der Waals surface area contributed by atoms with Gasteiger partial charge < -0.3 is 10.1 Å². The zero-order chi connectivity index (χ0) is 12.5. The number of terminal acetylenes is 1. The largest absolute Gasteiger partial charge is 0.478 e. The molecule has 0 spiro atoms. The van der Waals surface area contributed by atoms with E-state index in [1.807, 2.05) is 19.9 Å². The third-order valence-electron chi connectivity index (χ3n) is 2.16. The molecule has 0 aliphatic rings. The molecule has 4 nitrogen and oxygen atoms in total. The highest BCUT2D eigenvalue weighted by molar-refractivity contribution is 5.38. The lowest BCUT2D eigenvalue weighted by Gasteiger charge is -2.08. The van der Waals surface area contributed by atoms with Crippen LogP contribution in [0.1, 0.15) is 32.0 Å².